The van der Waals surface area contributed by atoms with E-state index in [9.17, 15) is 9.59 Å². The van der Waals surface area contributed by atoms with Crippen molar-refractivity contribution >= 4 is 17.4 Å². The molecule has 2 aliphatic rings. The zero-order chi connectivity index (χ0) is 16.9. The van der Waals surface area contributed by atoms with Gasteiger partial charge in [-0.05, 0) is 56.2 Å². The summed E-state index contributed by atoms with van der Waals surface area (Å²) in [4.78, 5) is 24.7. The van der Waals surface area contributed by atoms with Gasteiger partial charge in [0, 0.05) is 23.4 Å². The number of unbranched alkanes of at least 4 members (excludes halogenated alkanes) is 2. The van der Waals surface area contributed by atoms with Crippen molar-refractivity contribution in [1.29, 1.82) is 0 Å². The van der Waals surface area contributed by atoms with Crippen LogP contribution in [0.3, 0.4) is 0 Å². The van der Waals surface area contributed by atoms with Crippen molar-refractivity contribution in [3.8, 4) is 0 Å². The Labute approximate surface area is 145 Å². The molecule has 2 bridgehead atoms. The monoisotopic (exact) mass is 327 g/mol. The Hall–Kier alpha value is -1.64. The second-order valence-electron chi connectivity index (χ2n) is 7.54. The summed E-state index contributed by atoms with van der Waals surface area (Å²) in [6.45, 7) is 2.21. The number of amides is 1. The van der Waals surface area contributed by atoms with Crippen LogP contribution in [-0.4, -0.2) is 11.7 Å². The molecule has 2 fully saturated rings. The maximum atomic E-state index is 12.6. The molecule has 3 rings (SSSR count). The molecule has 0 radical (unpaired) electrons. The average Bonchev–Trinajstić information content (AvgIpc) is 2.56. The molecule has 1 N–H and O–H groups in total. The number of carbonyl (C=O) groups is 2. The molecule has 24 heavy (non-hydrogen) atoms. The molecule has 2 saturated carbocycles. The van der Waals surface area contributed by atoms with Gasteiger partial charge in [-0.15, -0.1) is 0 Å². The van der Waals surface area contributed by atoms with E-state index in [0.717, 1.165) is 44.2 Å². The third kappa shape index (κ3) is 4.06. The van der Waals surface area contributed by atoms with Gasteiger partial charge in [0.1, 0.15) is 5.78 Å². The fourth-order valence-corrected chi connectivity index (χ4v) is 4.27. The standard InChI is InChI=1S/C21H29NO2/c1-2-3-4-6-15-9-11-19(12-10-15)22-21(24)18-13-16-7-5-8-17(14-18)20(16)23/h9-12,16-18H,2-8,13-14H2,1H3,(H,22,24). The zero-order valence-corrected chi connectivity index (χ0v) is 14.7. The number of aryl methyl sites for hydroxylation is 1. The molecule has 130 valence electrons. The molecule has 1 aromatic rings. The number of Topliss-reactive ketones (excluding diaryl/α,β-unsaturated/α-hetero) is 1. The number of carbonyl (C=O) groups excluding carboxylic acids is 2. The van der Waals surface area contributed by atoms with Gasteiger partial charge in [-0.1, -0.05) is 38.3 Å². The summed E-state index contributed by atoms with van der Waals surface area (Å²) >= 11 is 0. The van der Waals surface area contributed by atoms with Crippen LogP contribution in [0.15, 0.2) is 24.3 Å². The highest BCUT2D eigenvalue weighted by Crippen LogP contribution is 2.40. The van der Waals surface area contributed by atoms with Crippen LogP contribution < -0.4 is 5.32 Å². The highest BCUT2D eigenvalue weighted by molar-refractivity contribution is 5.95. The largest absolute Gasteiger partial charge is 0.326 e. The molecular weight excluding hydrogens is 298 g/mol. The number of nitrogens with one attached hydrogen (secondary N) is 1. The number of hydrogen-bond donors (Lipinski definition) is 1. The molecule has 3 heteroatoms. The van der Waals surface area contributed by atoms with Crippen LogP contribution in [0.1, 0.15) is 63.9 Å². The van der Waals surface area contributed by atoms with Crippen molar-refractivity contribution < 1.29 is 9.59 Å². The van der Waals surface area contributed by atoms with E-state index in [1.54, 1.807) is 0 Å². The van der Waals surface area contributed by atoms with Crippen LogP contribution in [0.2, 0.25) is 0 Å². The van der Waals surface area contributed by atoms with Crippen LogP contribution in [0.4, 0.5) is 5.69 Å². The van der Waals surface area contributed by atoms with Crippen molar-refractivity contribution in [1.82, 2.24) is 0 Å². The number of ketones is 1. The lowest BCUT2D eigenvalue weighted by Crippen LogP contribution is -2.40. The van der Waals surface area contributed by atoms with Gasteiger partial charge in [-0.2, -0.15) is 0 Å². The second kappa shape index (κ2) is 7.96. The molecule has 0 aromatic heterocycles. The summed E-state index contributed by atoms with van der Waals surface area (Å²) < 4.78 is 0. The Morgan fingerprint density at radius 3 is 2.38 bits per heavy atom. The van der Waals surface area contributed by atoms with Crippen molar-refractivity contribution in [2.45, 2.75) is 64.7 Å². The van der Waals surface area contributed by atoms with E-state index in [-0.39, 0.29) is 23.7 Å². The molecule has 3 nitrogen and oxygen atoms in total. The van der Waals surface area contributed by atoms with E-state index < -0.39 is 0 Å². The smallest absolute Gasteiger partial charge is 0.227 e. The van der Waals surface area contributed by atoms with Crippen LogP contribution >= 0.6 is 0 Å². The Morgan fingerprint density at radius 2 is 1.75 bits per heavy atom. The molecule has 0 spiro atoms. The van der Waals surface area contributed by atoms with Gasteiger partial charge in [0.05, 0.1) is 0 Å². The molecular formula is C21H29NO2. The van der Waals surface area contributed by atoms with Crippen LogP contribution in [0.5, 0.6) is 0 Å². The topological polar surface area (TPSA) is 46.2 Å². The highest BCUT2D eigenvalue weighted by Gasteiger charge is 2.41. The van der Waals surface area contributed by atoms with Gasteiger partial charge in [0.25, 0.3) is 0 Å². The predicted molar refractivity (Wildman–Crippen MR) is 96.9 cm³/mol. The Balaban J connectivity index is 1.54. The van der Waals surface area contributed by atoms with E-state index in [1.165, 1.54) is 24.8 Å². The van der Waals surface area contributed by atoms with E-state index >= 15 is 0 Å². The van der Waals surface area contributed by atoms with Crippen molar-refractivity contribution in [3.63, 3.8) is 0 Å². The quantitative estimate of drug-likeness (QED) is 0.766. The first-order valence-corrected chi connectivity index (χ1v) is 9.61. The van der Waals surface area contributed by atoms with E-state index in [4.69, 9.17) is 0 Å². The Morgan fingerprint density at radius 1 is 1.08 bits per heavy atom. The third-order valence-corrected chi connectivity index (χ3v) is 5.71. The molecule has 2 aliphatic carbocycles. The molecule has 2 atom stereocenters. The number of benzene rings is 1. The first kappa shape index (κ1) is 17.2. The maximum Gasteiger partial charge on any atom is 0.227 e. The molecule has 0 saturated heterocycles. The number of hydrogen-bond acceptors (Lipinski definition) is 2. The predicted octanol–water partition coefficient (Wildman–Crippen LogP) is 4.75. The summed E-state index contributed by atoms with van der Waals surface area (Å²) in [7, 11) is 0. The first-order chi connectivity index (χ1) is 11.7. The lowest BCUT2D eigenvalue weighted by atomic mass is 9.67. The second-order valence-corrected chi connectivity index (χ2v) is 7.54. The van der Waals surface area contributed by atoms with Crippen LogP contribution in [0.25, 0.3) is 0 Å². The van der Waals surface area contributed by atoms with E-state index in [2.05, 4.69) is 24.4 Å². The number of anilines is 1. The van der Waals surface area contributed by atoms with E-state index in [0.29, 0.717) is 5.78 Å². The van der Waals surface area contributed by atoms with E-state index in [1.807, 2.05) is 12.1 Å². The van der Waals surface area contributed by atoms with Crippen molar-refractivity contribution in [3.05, 3.63) is 29.8 Å². The SMILES string of the molecule is CCCCCc1ccc(NC(=O)C2CC3CCCC(C2)C3=O)cc1. The van der Waals surface area contributed by atoms with Crippen molar-refractivity contribution in [2.75, 3.05) is 5.32 Å². The lowest BCUT2D eigenvalue weighted by Gasteiger charge is -2.36. The molecule has 2 unspecified atom stereocenters. The minimum atomic E-state index is 0.00207. The summed E-state index contributed by atoms with van der Waals surface area (Å²) in [6.07, 6.45) is 9.43. The van der Waals surface area contributed by atoms with Crippen LogP contribution in [-0.2, 0) is 16.0 Å². The van der Waals surface area contributed by atoms with Crippen molar-refractivity contribution in [2.24, 2.45) is 17.8 Å². The van der Waals surface area contributed by atoms with Gasteiger partial charge < -0.3 is 5.32 Å². The summed E-state index contributed by atoms with van der Waals surface area (Å²) in [5.74, 6) is 0.783. The summed E-state index contributed by atoms with van der Waals surface area (Å²) in [6, 6.07) is 8.25. The molecule has 0 aliphatic heterocycles. The fraction of sp³-hybridized carbons (Fsp3) is 0.619. The van der Waals surface area contributed by atoms with Gasteiger partial charge >= 0.3 is 0 Å². The number of fused-ring (bicyclic) bond motifs is 2. The highest BCUT2D eigenvalue weighted by atomic mass is 16.2. The Kier molecular flexibility index (Phi) is 5.70. The summed E-state index contributed by atoms with van der Waals surface area (Å²) in [5.41, 5.74) is 2.21. The molecule has 0 heterocycles. The summed E-state index contributed by atoms with van der Waals surface area (Å²) in [5, 5.41) is 3.06. The van der Waals surface area contributed by atoms with Crippen LogP contribution in [0, 0.1) is 17.8 Å². The normalized spacial score (nSPS) is 26.2. The average molecular weight is 327 g/mol. The van der Waals surface area contributed by atoms with Gasteiger partial charge in [0.15, 0.2) is 0 Å². The fourth-order valence-electron chi connectivity index (χ4n) is 4.27. The van der Waals surface area contributed by atoms with Gasteiger partial charge in [-0.3, -0.25) is 9.59 Å². The van der Waals surface area contributed by atoms with Gasteiger partial charge in [-0.25, -0.2) is 0 Å². The molecule has 1 aromatic carbocycles. The van der Waals surface area contributed by atoms with Gasteiger partial charge in [0.2, 0.25) is 5.91 Å². The molecule has 1 amide bonds. The Bertz CT molecular complexity index is 562. The minimum Gasteiger partial charge on any atom is -0.326 e. The minimum absolute atomic E-state index is 0.00207. The first-order valence-electron chi connectivity index (χ1n) is 9.61. The zero-order valence-electron chi connectivity index (χ0n) is 14.7. The lowest BCUT2D eigenvalue weighted by molar-refractivity contribution is -0.136. The number of rotatable bonds is 6. The maximum absolute atomic E-state index is 12.6. The third-order valence-electron chi connectivity index (χ3n) is 5.71.